The Balaban J connectivity index is 3.27. The normalized spacial score (nSPS) is 11.0. The van der Waals surface area contributed by atoms with Gasteiger partial charge in [-0.3, -0.25) is 4.79 Å². The van der Waals surface area contributed by atoms with Gasteiger partial charge in [-0.25, -0.2) is 9.59 Å². The first-order chi connectivity index (χ1) is 10.3. The number of hydrogen-bond acceptors (Lipinski definition) is 3. The number of aliphatic carboxylic acids is 2. The summed E-state index contributed by atoms with van der Waals surface area (Å²) >= 11 is 0. The average Bonchev–Trinajstić information content (AvgIpc) is 2.45. The second-order valence-electron chi connectivity index (χ2n) is 5.18. The van der Waals surface area contributed by atoms with E-state index in [-0.39, 0.29) is 6.42 Å². The molecule has 0 fully saturated rings. The van der Waals surface area contributed by atoms with Gasteiger partial charge in [0, 0.05) is 13.3 Å². The molecule has 1 rings (SSSR count). The molecule has 0 saturated carbocycles. The summed E-state index contributed by atoms with van der Waals surface area (Å²) in [6.45, 7) is 5.09. The van der Waals surface area contributed by atoms with Crippen molar-refractivity contribution in [3.05, 3.63) is 34.9 Å². The van der Waals surface area contributed by atoms with Gasteiger partial charge in [-0.05, 0) is 29.5 Å². The Kier molecular flexibility index (Phi) is 5.68. The summed E-state index contributed by atoms with van der Waals surface area (Å²) in [4.78, 5) is 34.2. The van der Waals surface area contributed by atoms with Crippen LogP contribution < -0.4 is 5.32 Å². The summed E-state index contributed by atoms with van der Waals surface area (Å²) in [7, 11) is 0. The minimum atomic E-state index is -2.36. The summed E-state index contributed by atoms with van der Waals surface area (Å²) in [5.41, 5.74) is 0.395. The Morgan fingerprint density at radius 2 is 1.59 bits per heavy atom. The molecule has 0 spiro atoms. The van der Waals surface area contributed by atoms with E-state index in [1.54, 1.807) is 12.1 Å². The lowest BCUT2D eigenvalue weighted by Gasteiger charge is -2.26. The number of carbonyl (C=O) groups is 3. The summed E-state index contributed by atoms with van der Waals surface area (Å²) in [6.07, 6.45) is 1.30. The van der Waals surface area contributed by atoms with Crippen molar-refractivity contribution < 1.29 is 24.6 Å². The van der Waals surface area contributed by atoms with Gasteiger partial charge in [0.05, 0.1) is 0 Å². The van der Waals surface area contributed by atoms with Crippen LogP contribution in [0.2, 0.25) is 0 Å². The zero-order chi connectivity index (χ0) is 16.9. The first-order valence-electron chi connectivity index (χ1n) is 7.13. The molecule has 3 N–H and O–H groups in total. The fourth-order valence-corrected chi connectivity index (χ4v) is 2.46. The van der Waals surface area contributed by atoms with Gasteiger partial charge in [0.1, 0.15) is 0 Å². The van der Waals surface area contributed by atoms with Crippen molar-refractivity contribution in [3.63, 3.8) is 0 Å². The van der Waals surface area contributed by atoms with E-state index in [0.717, 1.165) is 30.9 Å². The third-order valence-electron chi connectivity index (χ3n) is 3.62. The van der Waals surface area contributed by atoms with Gasteiger partial charge in [0.25, 0.3) is 0 Å². The van der Waals surface area contributed by atoms with Crippen LogP contribution in [0.15, 0.2) is 18.2 Å². The number of rotatable bonds is 7. The lowest BCUT2D eigenvalue weighted by molar-refractivity contribution is -0.161. The third kappa shape index (κ3) is 3.63. The molecule has 0 atom stereocenters. The molecule has 1 aromatic rings. The SMILES string of the molecule is CCc1ccc(CC(NC(C)=O)(C(=O)O)C(=O)O)cc1CC. The highest BCUT2D eigenvalue weighted by molar-refractivity contribution is 6.06. The molecule has 0 aromatic heterocycles. The van der Waals surface area contributed by atoms with Gasteiger partial charge in [0.15, 0.2) is 0 Å². The number of carboxylic acids is 2. The van der Waals surface area contributed by atoms with Crippen molar-refractivity contribution in [2.45, 2.75) is 45.6 Å². The van der Waals surface area contributed by atoms with E-state index >= 15 is 0 Å². The molecule has 0 bridgehead atoms. The van der Waals surface area contributed by atoms with E-state index < -0.39 is 23.4 Å². The summed E-state index contributed by atoms with van der Waals surface area (Å²) in [5.74, 6) is -3.88. The lowest BCUT2D eigenvalue weighted by atomic mass is 9.88. The van der Waals surface area contributed by atoms with Gasteiger partial charge in [-0.15, -0.1) is 0 Å². The number of amides is 1. The van der Waals surface area contributed by atoms with Crippen molar-refractivity contribution >= 4 is 17.8 Å². The molecule has 1 amide bonds. The molecule has 0 aliphatic carbocycles. The molecular weight excluding hydrogens is 286 g/mol. The molecule has 0 aliphatic heterocycles. The first kappa shape index (κ1) is 17.7. The van der Waals surface area contributed by atoms with Crippen molar-refractivity contribution in [1.29, 1.82) is 0 Å². The maximum Gasteiger partial charge on any atom is 0.341 e. The first-order valence-corrected chi connectivity index (χ1v) is 7.13. The van der Waals surface area contributed by atoms with Gasteiger partial charge in [0.2, 0.25) is 11.4 Å². The number of aryl methyl sites for hydroxylation is 2. The van der Waals surface area contributed by atoms with Crippen LogP contribution in [0.25, 0.3) is 0 Å². The zero-order valence-electron chi connectivity index (χ0n) is 13.0. The Hall–Kier alpha value is -2.37. The van der Waals surface area contributed by atoms with Crippen molar-refractivity contribution in [2.24, 2.45) is 0 Å². The van der Waals surface area contributed by atoms with Crippen LogP contribution in [0.5, 0.6) is 0 Å². The standard InChI is InChI=1S/C16H21NO5/c1-4-12-7-6-11(8-13(12)5-2)9-16(14(19)20,15(21)22)17-10(3)18/h6-8H,4-5,9H2,1-3H3,(H,17,18)(H,19,20)(H,21,22). The highest BCUT2D eigenvalue weighted by atomic mass is 16.4. The van der Waals surface area contributed by atoms with E-state index in [2.05, 4.69) is 5.32 Å². The molecule has 6 heteroatoms. The molecule has 0 heterocycles. The molecule has 6 nitrogen and oxygen atoms in total. The molecule has 1 aromatic carbocycles. The predicted octanol–water partition coefficient (Wildman–Crippen LogP) is 1.40. The largest absolute Gasteiger partial charge is 0.479 e. The van der Waals surface area contributed by atoms with Crippen LogP contribution in [0.4, 0.5) is 0 Å². The molecule has 0 unspecified atom stereocenters. The van der Waals surface area contributed by atoms with E-state index in [1.807, 2.05) is 19.9 Å². The van der Waals surface area contributed by atoms with Crippen molar-refractivity contribution in [2.75, 3.05) is 0 Å². The molecular formula is C16H21NO5. The molecule has 0 radical (unpaired) electrons. The third-order valence-corrected chi connectivity index (χ3v) is 3.62. The number of hydrogen-bond donors (Lipinski definition) is 3. The smallest absolute Gasteiger partial charge is 0.341 e. The Labute approximate surface area is 129 Å². The van der Waals surface area contributed by atoms with E-state index in [1.165, 1.54) is 0 Å². The van der Waals surface area contributed by atoms with E-state index in [9.17, 15) is 24.6 Å². The van der Waals surface area contributed by atoms with Crippen LogP contribution in [-0.4, -0.2) is 33.6 Å². The zero-order valence-corrected chi connectivity index (χ0v) is 13.0. The van der Waals surface area contributed by atoms with Crippen LogP contribution in [0, 0.1) is 0 Å². The molecule has 22 heavy (non-hydrogen) atoms. The van der Waals surface area contributed by atoms with Gasteiger partial charge in [-0.1, -0.05) is 32.0 Å². The van der Waals surface area contributed by atoms with E-state index in [4.69, 9.17) is 0 Å². The van der Waals surface area contributed by atoms with Crippen LogP contribution in [0.3, 0.4) is 0 Å². The fourth-order valence-electron chi connectivity index (χ4n) is 2.46. The van der Waals surface area contributed by atoms with Crippen LogP contribution in [-0.2, 0) is 33.6 Å². The predicted molar refractivity (Wildman–Crippen MR) is 80.7 cm³/mol. The lowest BCUT2D eigenvalue weighted by Crippen LogP contribution is -2.61. The van der Waals surface area contributed by atoms with Crippen molar-refractivity contribution in [1.82, 2.24) is 5.32 Å². The Morgan fingerprint density at radius 3 is 2.00 bits per heavy atom. The number of carbonyl (C=O) groups excluding carboxylic acids is 1. The highest BCUT2D eigenvalue weighted by Gasteiger charge is 2.47. The number of benzene rings is 1. The monoisotopic (exact) mass is 307 g/mol. The van der Waals surface area contributed by atoms with Crippen LogP contribution in [0.1, 0.15) is 37.5 Å². The Bertz CT molecular complexity index is 580. The second kappa shape index (κ2) is 7.06. The minimum absolute atomic E-state index is 0.311. The van der Waals surface area contributed by atoms with Crippen molar-refractivity contribution in [3.8, 4) is 0 Å². The molecule has 0 saturated heterocycles. The van der Waals surface area contributed by atoms with E-state index in [0.29, 0.717) is 5.56 Å². The summed E-state index contributed by atoms with van der Waals surface area (Å²) < 4.78 is 0. The van der Waals surface area contributed by atoms with Crippen LogP contribution >= 0.6 is 0 Å². The number of nitrogens with one attached hydrogen (secondary N) is 1. The maximum absolute atomic E-state index is 11.5. The fraction of sp³-hybridized carbons (Fsp3) is 0.438. The Morgan fingerprint density at radius 1 is 1.05 bits per heavy atom. The van der Waals surface area contributed by atoms with Gasteiger partial charge in [-0.2, -0.15) is 0 Å². The van der Waals surface area contributed by atoms with Gasteiger partial charge < -0.3 is 15.5 Å². The summed E-state index contributed by atoms with van der Waals surface area (Å²) in [6, 6.07) is 5.39. The second-order valence-corrected chi connectivity index (χ2v) is 5.18. The average molecular weight is 307 g/mol. The van der Waals surface area contributed by atoms with Gasteiger partial charge >= 0.3 is 11.9 Å². The topological polar surface area (TPSA) is 104 Å². The maximum atomic E-state index is 11.5. The molecule has 0 aliphatic rings. The highest BCUT2D eigenvalue weighted by Crippen LogP contribution is 2.20. The molecule has 120 valence electrons. The minimum Gasteiger partial charge on any atom is -0.479 e. The summed E-state index contributed by atoms with van der Waals surface area (Å²) in [5, 5.41) is 20.7. The number of carboxylic acid groups (broad SMARTS) is 2. The quantitative estimate of drug-likeness (QED) is 0.661.